The van der Waals surface area contributed by atoms with Crippen molar-refractivity contribution in [1.82, 2.24) is 14.9 Å². The molecule has 0 unspecified atom stereocenters. The lowest BCUT2D eigenvalue weighted by Gasteiger charge is -2.34. The summed E-state index contributed by atoms with van der Waals surface area (Å²) in [5.41, 5.74) is 2.41. The maximum Gasteiger partial charge on any atom is 0.417 e. The van der Waals surface area contributed by atoms with Crippen molar-refractivity contribution in [1.29, 1.82) is 0 Å². The predicted molar refractivity (Wildman–Crippen MR) is 119 cm³/mol. The lowest BCUT2D eigenvalue weighted by molar-refractivity contribution is -0.137. The number of hydrogen-bond donors (Lipinski definition) is 1. The van der Waals surface area contributed by atoms with Crippen LogP contribution in [0.25, 0.3) is 11.3 Å². The largest absolute Gasteiger partial charge is 0.417 e. The van der Waals surface area contributed by atoms with Gasteiger partial charge in [0.1, 0.15) is 5.82 Å². The van der Waals surface area contributed by atoms with Crippen LogP contribution >= 0.6 is 0 Å². The third-order valence-electron chi connectivity index (χ3n) is 6.59. The smallest absolute Gasteiger partial charge is 0.365 e. The molecule has 2 fully saturated rings. The summed E-state index contributed by atoms with van der Waals surface area (Å²) < 4.78 is 38.5. The number of alkyl halides is 3. The van der Waals surface area contributed by atoms with Crippen LogP contribution in [-0.4, -0.2) is 39.4 Å². The summed E-state index contributed by atoms with van der Waals surface area (Å²) in [5.74, 6) is 0.696. The van der Waals surface area contributed by atoms with E-state index in [0.717, 1.165) is 41.9 Å². The van der Waals surface area contributed by atoms with Gasteiger partial charge >= 0.3 is 6.18 Å². The van der Waals surface area contributed by atoms with E-state index >= 15 is 0 Å². The summed E-state index contributed by atoms with van der Waals surface area (Å²) in [5, 5.41) is 3.26. The number of aromatic nitrogens is 2. The van der Waals surface area contributed by atoms with Crippen LogP contribution in [0.2, 0.25) is 0 Å². The summed E-state index contributed by atoms with van der Waals surface area (Å²) in [6.45, 7) is 2.65. The predicted octanol–water partition coefficient (Wildman–Crippen LogP) is 5.19. The molecule has 8 heteroatoms. The van der Waals surface area contributed by atoms with Gasteiger partial charge in [-0.2, -0.15) is 13.2 Å². The molecule has 170 valence electrons. The number of piperidine rings is 1. The monoisotopic (exact) mass is 452 g/mol. The number of benzene rings is 1. The molecule has 1 aliphatic heterocycles. The van der Waals surface area contributed by atoms with Crippen LogP contribution in [0.5, 0.6) is 0 Å². The lowest BCUT2D eigenvalue weighted by atomic mass is 9.98. The minimum Gasteiger partial charge on any atom is -0.365 e. The summed E-state index contributed by atoms with van der Waals surface area (Å²) in [6.07, 6.45) is -0.129. The Morgan fingerprint density at radius 2 is 1.88 bits per heavy atom. The molecule has 0 radical (unpaired) electrons. The fourth-order valence-electron chi connectivity index (χ4n) is 5.05. The van der Waals surface area contributed by atoms with Crippen molar-refractivity contribution in [2.75, 3.05) is 11.9 Å². The van der Waals surface area contributed by atoms with Gasteiger partial charge in [-0.15, -0.1) is 0 Å². The Labute approximate surface area is 189 Å². The number of amides is 1. The molecule has 1 saturated carbocycles. The third-order valence-corrected chi connectivity index (χ3v) is 6.59. The lowest BCUT2D eigenvalue weighted by Crippen LogP contribution is -2.47. The molecule has 1 aliphatic carbocycles. The molecule has 5 nitrogen and oxygen atoms in total. The van der Waals surface area contributed by atoms with Gasteiger partial charge in [-0.05, 0) is 55.5 Å². The standard InChI is InChI=1S/C25H23F3N4O/c1-15-5-4-10-29-23(15)18-6-2-3-7-19(18)24(33)32-14-16-11-20(21(32)12-16)31-22-9-8-17(13-30-22)25(26,27)28/h2-10,13,16,20-21H,11-12,14H2,1H3,(H,30,31)/t16-,20-,21+/m1/s1. The van der Waals surface area contributed by atoms with Crippen molar-refractivity contribution < 1.29 is 18.0 Å². The second-order valence-corrected chi connectivity index (χ2v) is 8.76. The van der Waals surface area contributed by atoms with Crippen LogP contribution < -0.4 is 5.32 Å². The average molecular weight is 452 g/mol. The maximum absolute atomic E-state index is 13.6. The molecule has 1 aromatic carbocycles. The number of aryl methyl sites for hydroxylation is 1. The van der Waals surface area contributed by atoms with Gasteiger partial charge in [-0.25, -0.2) is 4.98 Å². The highest BCUT2D eigenvalue weighted by Crippen LogP contribution is 2.41. The normalized spacial score (nSPS) is 21.9. The molecule has 33 heavy (non-hydrogen) atoms. The first-order chi connectivity index (χ1) is 15.8. The van der Waals surface area contributed by atoms with Crippen LogP contribution in [0.4, 0.5) is 19.0 Å². The molecule has 0 spiro atoms. The van der Waals surface area contributed by atoms with Gasteiger partial charge in [0.2, 0.25) is 0 Å². The number of anilines is 1. The first kappa shape index (κ1) is 21.4. The topological polar surface area (TPSA) is 58.1 Å². The van der Waals surface area contributed by atoms with E-state index in [-0.39, 0.29) is 18.0 Å². The molecule has 1 saturated heterocycles. The van der Waals surface area contributed by atoms with Crippen molar-refractivity contribution in [2.24, 2.45) is 5.92 Å². The number of fused-ring (bicyclic) bond motifs is 2. The SMILES string of the molecule is Cc1cccnc1-c1ccccc1C(=O)N1C[C@@H]2C[C@@H](Nc3ccc(C(F)(F)F)cn3)[C@@H]1C2. The van der Waals surface area contributed by atoms with E-state index in [4.69, 9.17) is 0 Å². The zero-order chi connectivity index (χ0) is 23.2. The van der Waals surface area contributed by atoms with Gasteiger partial charge in [0, 0.05) is 36.1 Å². The number of carbonyl (C=O) groups excluding carboxylic acids is 1. The minimum absolute atomic E-state index is 0.0375. The van der Waals surface area contributed by atoms with Crippen molar-refractivity contribution in [3.05, 3.63) is 77.6 Å². The Bertz CT molecular complexity index is 1180. The Morgan fingerprint density at radius 1 is 1.06 bits per heavy atom. The number of nitrogens with zero attached hydrogens (tertiary/aromatic N) is 3. The first-order valence-corrected chi connectivity index (χ1v) is 10.9. The minimum atomic E-state index is -4.42. The van der Waals surface area contributed by atoms with E-state index in [1.807, 2.05) is 48.2 Å². The summed E-state index contributed by atoms with van der Waals surface area (Å²) in [7, 11) is 0. The number of carbonyl (C=O) groups is 1. The Morgan fingerprint density at radius 3 is 2.58 bits per heavy atom. The van der Waals surface area contributed by atoms with Crippen LogP contribution in [0.1, 0.15) is 34.3 Å². The van der Waals surface area contributed by atoms with Crippen molar-refractivity contribution >= 4 is 11.7 Å². The van der Waals surface area contributed by atoms with Crippen LogP contribution in [0.15, 0.2) is 60.9 Å². The number of halogens is 3. The van der Waals surface area contributed by atoms with E-state index in [2.05, 4.69) is 15.3 Å². The number of likely N-dealkylation sites (tertiary alicyclic amines) is 1. The van der Waals surface area contributed by atoms with E-state index in [0.29, 0.717) is 23.8 Å². The number of nitrogens with one attached hydrogen (secondary N) is 1. The number of pyridine rings is 2. The highest BCUT2D eigenvalue weighted by Gasteiger charge is 2.47. The summed E-state index contributed by atoms with van der Waals surface area (Å²) in [6, 6.07) is 13.6. The molecule has 3 heterocycles. The summed E-state index contributed by atoms with van der Waals surface area (Å²) >= 11 is 0. The fourth-order valence-corrected chi connectivity index (χ4v) is 5.05. The second kappa shape index (κ2) is 8.17. The Balaban J connectivity index is 1.37. The molecule has 2 aromatic heterocycles. The van der Waals surface area contributed by atoms with Crippen LogP contribution in [-0.2, 0) is 6.18 Å². The van der Waals surface area contributed by atoms with E-state index in [9.17, 15) is 18.0 Å². The Kier molecular flexibility index (Phi) is 5.31. The van der Waals surface area contributed by atoms with Crippen molar-refractivity contribution in [3.63, 3.8) is 0 Å². The molecule has 3 aromatic rings. The fraction of sp³-hybridized carbons (Fsp3) is 0.320. The van der Waals surface area contributed by atoms with Crippen molar-refractivity contribution in [2.45, 2.75) is 38.0 Å². The molecule has 3 atom stereocenters. The van der Waals surface area contributed by atoms with Gasteiger partial charge in [0.25, 0.3) is 5.91 Å². The second-order valence-electron chi connectivity index (χ2n) is 8.76. The van der Waals surface area contributed by atoms with Gasteiger partial charge in [0.05, 0.1) is 17.3 Å². The molecular weight excluding hydrogens is 429 g/mol. The highest BCUT2D eigenvalue weighted by molar-refractivity contribution is 6.01. The zero-order valence-corrected chi connectivity index (χ0v) is 18.0. The van der Waals surface area contributed by atoms with Gasteiger partial charge in [-0.1, -0.05) is 24.3 Å². The quantitative estimate of drug-likeness (QED) is 0.592. The Hall–Kier alpha value is -3.42. The zero-order valence-electron chi connectivity index (χ0n) is 18.0. The van der Waals surface area contributed by atoms with Crippen LogP contribution in [0.3, 0.4) is 0 Å². The third kappa shape index (κ3) is 4.05. The van der Waals surface area contributed by atoms with E-state index in [1.165, 1.54) is 6.07 Å². The number of hydrogen-bond acceptors (Lipinski definition) is 4. The molecule has 2 bridgehead atoms. The molecule has 1 N–H and O–H groups in total. The van der Waals surface area contributed by atoms with Gasteiger partial charge in [-0.3, -0.25) is 9.78 Å². The summed E-state index contributed by atoms with van der Waals surface area (Å²) in [4.78, 5) is 24.0. The van der Waals surface area contributed by atoms with E-state index in [1.54, 1.807) is 6.20 Å². The number of rotatable bonds is 4. The van der Waals surface area contributed by atoms with Crippen molar-refractivity contribution in [3.8, 4) is 11.3 Å². The maximum atomic E-state index is 13.6. The van der Waals surface area contributed by atoms with Gasteiger partial charge < -0.3 is 10.2 Å². The van der Waals surface area contributed by atoms with Gasteiger partial charge in [0.15, 0.2) is 0 Å². The van der Waals surface area contributed by atoms with Crippen LogP contribution in [0, 0.1) is 12.8 Å². The molecule has 1 amide bonds. The first-order valence-electron chi connectivity index (χ1n) is 10.9. The molecule has 2 aliphatic rings. The molecule has 5 rings (SSSR count). The molecular formula is C25H23F3N4O. The van der Waals surface area contributed by atoms with E-state index < -0.39 is 11.7 Å². The highest BCUT2D eigenvalue weighted by atomic mass is 19.4. The average Bonchev–Trinajstić information content (AvgIpc) is 3.39.